The molecule has 6 heteroatoms. The van der Waals surface area contributed by atoms with Crippen LogP contribution in [0.3, 0.4) is 0 Å². The Hall–Kier alpha value is -0.380. The predicted octanol–water partition coefficient (Wildman–Crippen LogP) is 1.59. The van der Waals surface area contributed by atoms with Gasteiger partial charge in [-0.1, -0.05) is 26.7 Å². The number of carbonyl (C=O) groups excluding carboxylic acids is 1. The number of nitrogens with one attached hydrogen (secondary N) is 1. The first-order chi connectivity index (χ1) is 7.13. The van der Waals surface area contributed by atoms with Crippen LogP contribution in [0.2, 0.25) is 0 Å². The second kappa shape index (κ2) is 8.89. The fourth-order valence-electron chi connectivity index (χ4n) is 1.00. The van der Waals surface area contributed by atoms with Gasteiger partial charge < -0.3 is 9.26 Å². The first kappa shape index (κ1) is 14.6. The van der Waals surface area contributed by atoms with Crippen molar-refractivity contribution in [3.63, 3.8) is 0 Å². The zero-order valence-corrected chi connectivity index (χ0v) is 10.5. The van der Waals surface area contributed by atoms with Crippen molar-refractivity contribution in [2.24, 2.45) is 5.92 Å². The number of esters is 1. The second-order valence-electron chi connectivity index (χ2n) is 3.21. The minimum atomic E-state index is -2.27. The molecule has 1 N–H and O–H groups in total. The maximum absolute atomic E-state index is 11.1. The predicted molar refractivity (Wildman–Crippen MR) is 59.0 cm³/mol. The molecular weight excluding hydrogens is 217 g/mol. The lowest BCUT2D eigenvalue weighted by atomic mass is 10.1. The van der Waals surface area contributed by atoms with Gasteiger partial charge in [-0.2, -0.15) is 0 Å². The number of rotatable bonds is 8. The highest BCUT2D eigenvalue weighted by Gasteiger charge is 2.08. The molecule has 0 heterocycles. The van der Waals surface area contributed by atoms with Crippen LogP contribution in [0.4, 0.5) is 0 Å². The Morgan fingerprint density at radius 2 is 2.00 bits per heavy atom. The van der Waals surface area contributed by atoms with Gasteiger partial charge in [0.1, 0.15) is 6.54 Å². The lowest BCUT2D eigenvalue weighted by Crippen LogP contribution is -2.22. The summed E-state index contributed by atoms with van der Waals surface area (Å²) in [6.07, 6.45) is 1.98. The summed E-state index contributed by atoms with van der Waals surface area (Å²) in [6.45, 7) is 4.49. The Bertz CT molecular complexity index is 206. The van der Waals surface area contributed by atoms with E-state index in [-0.39, 0.29) is 6.54 Å². The Morgan fingerprint density at radius 3 is 2.47 bits per heavy atom. The third-order valence-corrected chi connectivity index (χ3v) is 3.03. The molecule has 0 radical (unpaired) electrons. The van der Waals surface area contributed by atoms with Gasteiger partial charge in [0.05, 0.1) is 6.61 Å². The first-order valence-electron chi connectivity index (χ1n) is 5.11. The summed E-state index contributed by atoms with van der Waals surface area (Å²) < 4.78 is 20.3. The summed E-state index contributed by atoms with van der Waals surface area (Å²) in [7, 11) is -0.950. The van der Waals surface area contributed by atoms with Gasteiger partial charge in [-0.25, -0.2) is 5.09 Å². The van der Waals surface area contributed by atoms with Gasteiger partial charge >= 0.3 is 5.97 Å². The van der Waals surface area contributed by atoms with Crippen molar-refractivity contribution < 1.29 is 18.6 Å². The molecule has 0 rings (SSSR count). The van der Waals surface area contributed by atoms with Crippen molar-refractivity contribution in [2.45, 2.75) is 26.7 Å². The van der Waals surface area contributed by atoms with Crippen LogP contribution >= 0.6 is 8.18 Å². The van der Waals surface area contributed by atoms with Crippen molar-refractivity contribution in [1.82, 2.24) is 5.09 Å². The maximum atomic E-state index is 11.1. The Kier molecular flexibility index (Phi) is 8.67. The van der Waals surface area contributed by atoms with Crippen LogP contribution in [0.1, 0.15) is 26.7 Å². The average Bonchev–Trinajstić information content (AvgIpc) is 2.27. The third-order valence-electron chi connectivity index (χ3n) is 2.20. The summed E-state index contributed by atoms with van der Waals surface area (Å²) in [4.78, 5) is 11.1. The van der Waals surface area contributed by atoms with Crippen LogP contribution in [-0.4, -0.2) is 26.2 Å². The van der Waals surface area contributed by atoms with Gasteiger partial charge in [-0.05, 0) is 5.92 Å². The van der Waals surface area contributed by atoms with E-state index in [0.29, 0.717) is 12.5 Å². The topological polar surface area (TPSA) is 64.6 Å². The van der Waals surface area contributed by atoms with Crippen molar-refractivity contribution in [3.05, 3.63) is 0 Å². The molecule has 1 atom stereocenters. The number of hydrogen-bond donors (Lipinski definition) is 1. The molecule has 0 aromatic carbocycles. The molecule has 0 aliphatic rings. The first-order valence-corrected chi connectivity index (χ1v) is 6.43. The SMILES string of the molecule is CCC(CC)COC(=O)CN[PH](=O)OC. The summed E-state index contributed by atoms with van der Waals surface area (Å²) in [5.74, 6) is 0.0192. The number of ether oxygens (including phenoxy) is 1. The van der Waals surface area contributed by atoms with E-state index < -0.39 is 14.1 Å². The van der Waals surface area contributed by atoms with Crippen molar-refractivity contribution in [1.29, 1.82) is 0 Å². The van der Waals surface area contributed by atoms with Crippen molar-refractivity contribution in [3.8, 4) is 0 Å². The van der Waals surface area contributed by atoms with E-state index in [0.717, 1.165) is 12.8 Å². The van der Waals surface area contributed by atoms with Crippen LogP contribution in [0.15, 0.2) is 0 Å². The molecule has 0 saturated carbocycles. The molecule has 0 spiro atoms. The fraction of sp³-hybridized carbons (Fsp3) is 0.889. The van der Waals surface area contributed by atoms with Gasteiger partial charge in [0.2, 0.25) is 0 Å². The highest BCUT2D eigenvalue weighted by atomic mass is 31.1. The van der Waals surface area contributed by atoms with Gasteiger partial charge in [0.15, 0.2) is 0 Å². The van der Waals surface area contributed by atoms with E-state index >= 15 is 0 Å². The third kappa shape index (κ3) is 7.54. The minimum absolute atomic E-state index is 0.0637. The van der Waals surface area contributed by atoms with E-state index in [1.165, 1.54) is 7.11 Å². The molecule has 0 aromatic heterocycles. The fourth-order valence-corrected chi connectivity index (χ4v) is 1.44. The molecule has 15 heavy (non-hydrogen) atoms. The van der Waals surface area contributed by atoms with Crippen LogP contribution in [0, 0.1) is 5.92 Å². The van der Waals surface area contributed by atoms with Gasteiger partial charge in [0.25, 0.3) is 8.18 Å². The highest BCUT2D eigenvalue weighted by molar-refractivity contribution is 7.36. The lowest BCUT2D eigenvalue weighted by Gasteiger charge is -2.12. The molecule has 0 aliphatic carbocycles. The van der Waals surface area contributed by atoms with Gasteiger partial charge in [-0.15, -0.1) is 0 Å². The Morgan fingerprint density at radius 1 is 1.40 bits per heavy atom. The average molecular weight is 237 g/mol. The van der Waals surface area contributed by atoms with Gasteiger partial charge in [0, 0.05) is 7.11 Å². The summed E-state index contributed by atoms with van der Waals surface area (Å²) in [6, 6.07) is 0. The van der Waals surface area contributed by atoms with Gasteiger partial charge in [-0.3, -0.25) is 9.36 Å². The monoisotopic (exact) mass is 237 g/mol. The number of hydrogen-bond acceptors (Lipinski definition) is 4. The molecule has 0 amide bonds. The second-order valence-corrected chi connectivity index (χ2v) is 4.55. The minimum Gasteiger partial charge on any atom is -0.464 e. The van der Waals surface area contributed by atoms with Crippen molar-refractivity contribution in [2.75, 3.05) is 20.3 Å². The molecule has 0 saturated heterocycles. The highest BCUT2D eigenvalue weighted by Crippen LogP contribution is 2.12. The molecule has 0 bridgehead atoms. The van der Waals surface area contributed by atoms with E-state index in [2.05, 4.69) is 23.5 Å². The molecule has 5 nitrogen and oxygen atoms in total. The summed E-state index contributed by atoms with van der Waals surface area (Å²) >= 11 is 0. The summed E-state index contributed by atoms with van der Waals surface area (Å²) in [5, 5.41) is 2.44. The largest absolute Gasteiger partial charge is 0.464 e. The normalized spacial score (nSPS) is 12.8. The maximum Gasteiger partial charge on any atom is 0.320 e. The van der Waals surface area contributed by atoms with Crippen LogP contribution in [0.5, 0.6) is 0 Å². The summed E-state index contributed by atoms with van der Waals surface area (Å²) in [5.41, 5.74) is 0. The Balaban J connectivity index is 3.61. The molecular formula is C9H20NO4P. The molecule has 90 valence electrons. The van der Waals surface area contributed by atoms with E-state index in [1.54, 1.807) is 0 Å². The lowest BCUT2D eigenvalue weighted by molar-refractivity contribution is -0.143. The molecule has 1 unspecified atom stereocenters. The molecule has 0 aliphatic heterocycles. The molecule has 0 aromatic rings. The standard InChI is InChI=1S/C9H20NO4P/c1-4-8(5-2)7-14-9(11)6-10-15(12)13-3/h8,15H,4-7H2,1-3H3,(H,10,12). The van der Waals surface area contributed by atoms with E-state index in [4.69, 9.17) is 4.74 Å². The van der Waals surface area contributed by atoms with E-state index in [9.17, 15) is 9.36 Å². The smallest absolute Gasteiger partial charge is 0.320 e. The zero-order valence-electron chi connectivity index (χ0n) is 9.54. The van der Waals surface area contributed by atoms with Crippen molar-refractivity contribution >= 4 is 14.1 Å². The zero-order chi connectivity index (χ0) is 11.7. The van der Waals surface area contributed by atoms with Crippen LogP contribution < -0.4 is 5.09 Å². The van der Waals surface area contributed by atoms with Crippen LogP contribution in [0.25, 0.3) is 0 Å². The quantitative estimate of drug-likeness (QED) is 0.513. The van der Waals surface area contributed by atoms with E-state index in [1.807, 2.05) is 0 Å². The number of carbonyl (C=O) groups is 1. The Labute approximate surface area is 91.4 Å². The molecule has 0 fully saturated rings. The van der Waals surface area contributed by atoms with Crippen LogP contribution in [-0.2, 0) is 18.6 Å².